The highest BCUT2D eigenvalue weighted by Crippen LogP contribution is 2.33. The van der Waals surface area contributed by atoms with Gasteiger partial charge in [0.05, 0.1) is 12.2 Å². The van der Waals surface area contributed by atoms with Crippen LogP contribution in [-0.4, -0.2) is 40.4 Å². The largest absolute Gasteiger partial charge is 0.486 e. The first-order valence-corrected chi connectivity index (χ1v) is 8.30. The van der Waals surface area contributed by atoms with Gasteiger partial charge in [0.2, 0.25) is 5.95 Å². The summed E-state index contributed by atoms with van der Waals surface area (Å²) in [4.78, 5) is 8.48. The first kappa shape index (κ1) is 16.6. The highest BCUT2D eigenvalue weighted by Gasteiger charge is 2.24. The Balaban J connectivity index is 1.48. The summed E-state index contributed by atoms with van der Waals surface area (Å²) in [6, 6.07) is 7.80. The number of anilines is 1. The van der Waals surface area contributed by atoms with E-state index in [-0.39, 0.29) is 6.17 Å². The summed E-state index contributed by atoms with van der Waals surface area (Å²) in [6.45, 7) is 2.30. The van der Waals surface area contributed by atoms with Gasteiger partial charge in [-0.15, -0.1) is 5.10 Å². The van der Waals surface area contributed by atoms with Gasteiger partial charge in [-0.2, -0.15) is 0 Å². The molecule has 0 saturated heterocycles. The minimum atomic E-state index is -0.0817. The van der Waals surface area contributed by atoms with Crippen molar-refractivity contribution in [2.75, 3.05) is 19.0 Å². The maximum Gasteiger partial charge on any atom is 0.243 e. The lowest BCUT2D eigenvalue weighted by Gasteiger charge is -2.17. The van der Waals surface area contributed by atoms with Crippen molar-refractivity contribution in [1.82, 2.24) is 20.1 Å². The van der Waals surface area contributed by atoms with E-state index in [0.29, 0.717) is 29.4 Å². The van der Waals surface area contributed by atoms with Crippen LogP contribution >= 0.6 is 11.6 Å². The van der Waals surface area contributed by atoms with E-state index < -0.39 is 0 Å². The van der Waals surface area contributed by atoms with Gasteiger partial charge in [0.25, 0.3) is 0 Å². The van der Waals surface area contributed by atoms with Gasteiger partial charge in [0.1, 0.15) is 24.5 Å². The predicted molar refractivity (Wildman–Crippen MR) is 94.8 cm³/mol. The molecule has 0 radical (unpaired) electrons. The number of nitrogens with zero attached hydrogens (tertiary/aromatic N) is 4. The van der Waals surface area contributed by atoms with Gasteiger partial charge in [-0.25, -0.2) is 9.67 Å². The molecule has 1 atom stereocenters. The van der Waals surface area contributed by atoms with Crippen molar-refractivity contribution in [2.45, 2.75) is 32.0 Å². The first-order valence-electron chi connectivity index (χ1n) is 7.92. The number of nitrogens with one attached hydrogen (secondary N) is 2. The fourth-order valence-corrected chi connectivity index (χ4v) is 2.40. The van der Waals surface area contributed by atoms with Crippen LogP contribution in [0.5, 0.6) is 5.75 Å². The third-order valence-corrected chi connectivity index (χ3v) is 3.83. The zero-order chi connectivity index (χ0) is 16.9. The van der Waals surface area contributed by atoms with Crippen LogP contribution in [-0.2, 0) is 0 Å². The van der Waals surface area contributed by atoms with E-state index in [2.05, 4.69) is 25.7 Å². The monoisotopic (exact) mass is 348 g/mol. The second-order valence-corrected chi connectivity index (χ2v) is 6.14. The summed E-state index contributed by atoms with van der Waals surface area (Å²) < 4.78 is 7.60. The first-order chi connectivity index (χ1) is 11.6. The molecule has 1 saturated carbocycles. The number of aromatic nitrogens is 3. The number of hydrogen-bond donors (Lipinski definition) is 2. The Bertz CT molecular complexity index is 712. The fraction of sp³-hybridized carbons (Fsp3) is 0.438. The number of rotatable bonds is 7. The summed E-state index contributed by atoms with van der Waals surface area (Å²) >= 11 is 5.95. The molecule has 0 spiro atoms. The molecule has 3 rings (SSSR count). The van der Waals surface area contributed by atoms with Crippen LogP contribution in [0.4, 0.5) is 5.95 Å². The van der Waals surface area contributed by atoms with Crippen molar-refractivity contribution in [3.8, 4) is 5.75 Å². The zero-order valence-corrected chi connectivity index (χ0v) is 14.5. The lowest BCUT2D eigenvalue weighted by Crippen LogP contribution is -2.41. The Morgan fingerprint density at radius 3 is 3.04 bits per heavy atom. The number of aliphatic imine (C=N–C) groups is 1. The van der Waals surface area contributed by atoms with Crippen LogP contribution in [0.1, 0.15) is 25.8 Å². The second-order valence-electron chi connectivity index (χ2n) is 5.71. The van der Waals surface area contributed by atoms with Gasteiger partial charge in [-0.1, -0.05) is 17.7 Å². The molecule has 1 aliphatic carbocycles. The molecule has 0 bridgehead atoms. The normalized spacial score (nSPS) is 15.9. The average molecular weight is 349 g/mol. The SMILES string of the molecule is CN=C(COc1cccc(Cl)c1)NC(C)Nc1ncn(C2CC2)n1. The Morgan fingerprint density at radius 2 is 2.33 bits per heavy atom. The molecule has 128 valence electrons. The molecule has 0 amide bonds. The number of benzene rings is 1. The Hall–Kier alpha value is -2.28. The van der Waals surface area contributed by atoms with Gasteiger partial charge >= 0.3 is 0 Å². The minimum Gasteiger partial charge on any atom is -0.486 e. The third kappa shape index (κ3) is 4.61. The van der Waals surface area contributed by atoms with Gasteiger partial charge in [0.15, 0.2) is 0 Å². The van der Waals surface area contributed by atoms with E-state index in [1.54, 1.807) is 25.5 Å². The molecular weight excluding hydrogens is 328 g/mol. The van der Waals surface area contributed by atoms with E-state index in [0.717, 1.165) is 5.84 Å². The molecule has 1 heterocycles. The van der Waals surface area contributed by atoms with E-state index in [4.69, 9.17) is 16.3 Å². The van der Waals surface area contributed by atoms with Crippen LogP contribution in [0.15, 0.2) is 35.6 Å². The Kier molecular flexibility index (Phi) is 5.20. The van der Waals surface area contributed by atoms with Crippen LogP contribution in [0.3, 0.4) is 0 Å². The molecule has 1 aromatic carbocycles. The molecule has 1 aromatic heterocycles. The summed E-state index contributed by atoms with van der Waals surface area (Å²) in [5, 5.41) is 11.5. The average Bonchev–Trinajstić information content (AvgIpc) is 3.31. The van der Waals surface area contributed by atoms with Crippen molar-refractivity contribution in [3.05, 3.63) is 35.6 Å². The number of halogens is 1. The molecule has 24 heavy (non-hydrogen) atoms. The quantitative estimate of drug-likeness (QED) is 0.457. The Labute approximate surface area is 146 Å². The number of hydrogen-bond acceptors (Lipinski definition) is 5. The lowest BCUT2D eigenvalue weighted by molar-refractivity contribution is 0.370. The molecule has 2 aromatic rings. The van der Waals surface area contributed by atoms with Crippen LogP contribution < -0.4 is 15.4 Å². The van der Waals surface area contributed by atoms with Crippen molar-refractivity contribution in [1.29, 1.82) is 0 Å². The standard InChI is InChI=1S/C16H21ClN6O/c1-11(21-16-19-10-23(22-16)13-6-7-13)20-15(18-2)9-24-14-5-3-4-12(17)8-14/h3-5,8,10-11,13H,6-7,9H2,1-2H3,(H,18,20)(H,21,22). The van der Waals surface area contributed by atoms with E-state index in [9.17, 15) is 0 Å². The van der Waals surface area contributed by atoms with Crippen LogP contribution in [0.2, 0.25) is 5.02 Å². The van der Waals surface area contributed by atoms with Crippen molar-refractivity contribution in [3.63, 3.8) is 0 Å². The molecule has 8 heteroatoms. The summed E-state index contributed by atoms with van der Waals surface area (Å²) in [7, 11) is 1.72. The van der Waals surface area contributed by atoms with Gasteiger partial charge in [-0.05, 0) is 38.0 Å². The molecule has 1 unspecified atom stereocenters. The zero-order valence-electron chi connectivity index (χ0n) is 13.7. The Morgan fingerprint density at radius 1 is 1.50 bits per heavy atom. The highest BCUT2D eigenvalue weighted by molar-refractivity contribution is 6.30. The smallest absolute Gasteiger partial charge is 0.243 e. The van der Waals surface area contributed by atoms with Crippen LogP contribution in [0.25, 0.3) is 0 Å². The van der Waals surface area contributed by atoms with Gasteiger partial charge in [0, 0.05) is 12.1 Å². The summed E-state index contributed by atoms with van der Waals surface area (Å²) in [5.74, 6) is 2.03. The fourth-order valence-electron chi connectivity index (χ4n) is 2.21. The number of amidine groups is 1. The molecule has 2 N–H and O–H groups in total. The topological polar surface area (TPSA) is 76.4 Å². The number of ether oxygens (including phenoxy) is 1. The maximum absolute atomic E-state index is 5.95. The molecule has 1 aliphatic rings. The molecule has 0 aliphatic heterocycles. The van der Waals surface area contributed by atoms with Gasteiger partial charge < -0.3 is 15.4 Å². The summed E-state index contributed by atoms with van der Waals surface area (Å²) in [5.41, 5.74) is 0. The van der Waals surface area contributed by atoms with E-state index in [1.165, 1.54) is 12.8 Å². The molecular formula is C16H21ClN6O. The minimum absolute atomic E-state index is 0.0817. The van der Waals surface area contributed by atoms with Crippen molar-refractivity contribution in [2.24, 2.45) is 4.99 Å². The van der Waals surface area contributed by atoms with Crippen LogP contribution in [0, 0.1) is 0 Å². The van der Waals surface area contributed by atoms with E-state index in [1.807, 2.05) is 23.7 Å². The lowest BCUT2D eigenvalue weighted by atomic mass is 10.3. The van der Waals surface area contributed by atoms with Gasteiger partial charge in [-0.3, -0.25) is 4.99 Å². The second kappa shape index (κ2) is 7.53. The van der Waals surface area contributed by atoms with Crippen molar-refractivity contribution < 1.29 is 4.74 Å². The highest BCUT2D eigenvalue weighted by atomic mass is 35.5. The maximum atomic E-state index is 5.95. The predicted octanol–water partition coefficient (Wildman–Crippen LogP) is 2.72. The third-order valence-electron chi connectivity index (χ3n) is 3.60. The molecule has 1 fully saturated rings. The summed E-state index contributed by atoms with van der Waals surface area (Å²) in [6.07, 6.45) is 4.06. The van der Waals surface area contributed by atoms with E-state index >= 15 is 0 Å². The molecule has 7 nitrogen and oxygen atoms in total. The van der Waals surface area contributed by atoms with Crippen molar-refractivity contribution >= 4 is 23.4 Å².